The van der Waals surface area contributed by atoms with Gasteiger partial charge in [-0.25, -0.2) is 23.1 Å². The Morgan fingerprint density at radius 3 is 2.31 bits per heavy atom. The van der Waals surface area contributed by atoms with Crippen LogP contribution in [-0.2, 0) is 10.0 Å². The van der Waals surface area contributed by atoms with Gasteiger partial charge in [0.15, 0.2) is 4.21 Å². The molecule has 0 aliphatic heterocycles. The Kier molecular flexibility index (Phi) is 5.24. The Labute approximate surface area is 172 Å². The summed E-state index contributed by atoms with van der Waals surface area (Å²) in [4.78, 5) is 12.6. The zero-order chi connectivity index (χ0) is 20.3. The molecule has 1 N–H and O–H groups in total. The fourth-order valence-corrected chi connectivity index (χ4v) is 4.58. The third-order valence-electron chi connectivity index (χ3n) is 3.83. The van der Waals surface area contributed by atoms with Gasteiger partial charge in [-0.05, 0) is 19.1 Å². The van der Waals surface area contributed by atoms with Crippen molar-refractivity contribution in [2.24, 2.45) is 0 Å². The van der Waals surface area contributed by atoms with Crippen molar-refractivity contribution in [2.75, 3.05) is 4.72 Å². The summed E-state index contributed by atoms with van der Waals surface area (Å²) in [6.45, 7) is 1.74. The van der Waals surface area contributed by atoms with E-state index in [-0.39, 0.29) is 16.0 Å². The molecule has 0 saturated heterocycles. The van der Waals surface area contributed by atoms with E-state index in [4.69, 9.17) is 4.74 Å². The third kappa shape index (κ3) is 4.58. The van der Waals surface area contributed by atoms with Crippen LogP contribution in [0, 0.1) is 6.92 Å². The van der Waals surface area contributed by atoms with Gasteiger partial charge in [-0.2, -0.15) is 4.98 Å². The molecule has 4 aromatic rings. The van der Waals surface area contributed by atoms with E-state index in [9.17, 15) is 8.42 Å². The summed E-state index contributed by atoms with van der Waals surface area (Å²) in [7, 11) is -3.86. The molecule has 7 nitrogen and oxygen atoms in total. The normalized spacial score (nSPS) is 11.2. The number of nitrogens with one attached hydrogen (secondary N) is 1. The molecule has 0 saturated carbocycles. The molecule has 0 atom stereocenters. The van der Waals surface area contributed by atoms with E-state index in [0.717, 1.165) is 16.9 Å². The first-order valence-electron chi connectivity index (χ1n) is 8.62. The maximum absolute atomic E-state index is 12.7. The molecule has 0 fully saturated rings. The molecule has 0 aliphatic rings. The second-order valence-corrected chi connectivity index (χ2v) is 9.14. The number of aromatic nitrogens is 3. The van der Waals surface area contributed by atoms with Gasteiger partial charge < -0.3 is 4.74 Å². The largest absolute Gasteiger partial charge is 0.439 e. The summed E-state index contributed by atoms with van der Waals surface area (Å²) in [5.74, 6) is 0.726. The van der Waals surface area contributed by atoms with Crippen LogP contribution >= 0.6 is 11.3 Å². The third-order valence-corrected chi connectivity index (χ3v) is 6.53. The van der Waals surface area contributed by atoms with Crippen molar-refractivity contribution in [3.63, 3.8) is 0 Å². The van der Waals surface area contributed by atoms with Gasteiger partial charge in [-0.15, -0.1) is 11.3 Å². The van der Waals surface area contributed by atoms with Crippen molar-refractivity contribution >= 4 is 27.3 Å². The zero-order valence-corrected chi connectivity index (χ0v) is 16.9. The number of hydrogen-bond acceptors (Lipinski definition) is 7. The molecule has 29 heavy (non-hydrogen) atoms. The van der Waals surface area contributed by atoms with E-state index in [1.165, 1.54) is 6.20 Å². The average molecular weight is 425 g/mol. The monoisotopic (exact) mass is 424 g/mol. The Hall–Kier alpha value is -3.30. The lowest BCUT2D eigenvalue weighted by Gasteiger charge is -2.10. The lowest BCUT2D eigenvalue weighted by molar-refractivity contribution is 0.463. The first-order valence-corrected chi connectivity index (χ1v) is 10.9. The van der Waals surface area contributed by atoms with Crippen LogP contribution in [-0.4, -0.2) is 23.4 Å². The van der Waals surface area contributed by atoms with Gasteiger partial charge in [0.05, 0.1) is 16.9 Å². The van der Waals surface area contributed by atoms with Crippen molar-refractivity contribution < 1.29 is 13.2 Å². The maximum Gasteiger partial charge on any atom is 0.275 e. The molecule has 4 rings (SSSR count). The number of para-hydroxylation sites is 1. The summed E-state index contributed by atoms with van der Waals surface area (Å²) < 4.78 is 33.7. The van der Waals surface area contributed by atoms with Gasteiger partial charge in [-0.3, -0.25) is 0 Å². The first kappa shape index (κ1) is 19.0. The summed E-state index contributed by atoms with van der Waals surface area (Å²) in [5.41, 5.74) is 1.34. The molecule has 2 aromatic carbocycles. The number of anilines is 1. The number of ether oxygens (including phenoxy) is 1. The second-order valence-electron chi connectivity index (χ2n) is 6.00. The van der Waals surface area contributed by atoms with Crippen LogP contribution < -0.4 is 9.46 Å². The molecular formula is C20H16N4O3S2. The van der Waals surface area contributed by atoms with Crippen molar-refractivity contribution in [1.29, 1.82) is 0 Å². The molecule has 146 valence electrons. The standard InChI is InChI=1S/C20H16N4O3S2/c1-14-21-13-19(28-14)29(25,26)24-20-22-17(15-8-4-2-5-9-15)12-18(23-20)27-16-10-6-3-7-11-16/h2-13H,1H3,(H,22,23,24). The number of nitrogens with zero attached hydrogens (tertiary/aromatic N) is 3. The van der Waals surface area contributed by atoms with Gasteiger partial charge in [-0.1, -0.05) is 48.5 Å². The van der Waals surface area contributed by atoms with Gasteiger partial charge >= 0.3 is 0 Å². The van der Waals surface area contributed by atoms with Crippen LogP contribution in [0.2, 0.25) is 0 Å². The molecule has 0 bridgehead atoms. The van der Waals surface area contributed by atoms with Crippen LogP contribution in [0.25, 0.3) is 11.3 Å². The van der Waals surface area contributed by atoms with E-state index >= 15 is 0 Å². The molecule has 2 aromatic heterocycles. The van der Waals surface area contributed by atoms with E-state index < -0.39 is 10.0 Å². The molecule has 0 aliphatic carbocycles. The van der Waals surface area contributed by atoms with Gasteiger partial charge in [0.25, 0.3) is 10.0 Å². The lowest BCUT2D eigenvalue weighted by Crippen LogP contribution is -2.14. The Morgan fingerprint density at radius 2 is 1.66 bits per heavy atom. The number of thiazole rings is 1. The maximum atomic E-state index is 12.7. The summed E-state index contributed by atoms with van der Waals surface area (Å²) in [6, 6.07) is 20.2. The fraction of sp³-hybridized carbons (Fsp3) is 0.0500. The van der Waals surface area contributed by atoms with E-state index in [2.05, 4.69) is 19.7 Å². The minimum Gasteiger partial charge on any atom is -0.439 e. The summed E-state index contributed by atoms with van der Waals surface area (Å²) in [5, 5.41) is 0.650. The smallest absolute Gasteiger partial charge is 0.275 e. The number of benzene rings is 2. The fourth-order valence-electron chi connectivity index (χ4n) is 2.53. The average Bonchev–Trinajstić information content (AvgIpc) is 3.16. The predicted octanol–water partition coefficient (Wildman–Crippen LogP) is 4.50. The van der Waals surface area contributed by atoms with Crippen molar-refractivity contribution in [2.45, 2.75) is 11.1 Å². The second kappa shape index (κ2) is 7.98. The number of hydrogen-bond donors (Lipinski definition) is 1. The minimum atomic E-state index is -3.86. The van der Waals surface area contributed by atoms with Crippen LogP contribution in [0.1, 0.15) is 5.01 Å². The van der Waals surface area contributed by atoms with Crippen LogP contribution in [0.4, 0.5) is 5.95 Å². The highest BCUT2D eigenvalue weighted by molar-refractivity contribution is 7.94. The van der Waals surface area contributed by atoms with Gasteiger partial charge in [0, 0.05) is 11.6 Å². The van der Waals surface area contributed by atoms with E-state index in [0.29, 0.717) is 16.5 Å². The van der Waals surface area contributed by atoms with Gasteiger partial charge in [0.1, 0.15) is 5.75 Å². The van der Waals surface area contributed by atoms with Gasteiger partial charge in [0.2, 0.25) is 11.8 Å². The highest BCUT2D eigenvalue weighted by Crippen LogP contribution is 2.27. The molecule has 0 spiro atoms. The zero-order valence-electron chi connectivity index (χ0n) is 15.3. The number of rotatable bonds is 6. The number of aryl methyl sites for hydroxylation is 1. The lowest BCUT2D eigenvalue weighted by atomic mass is 10.1. The highest BCUT2D eigenvalue weighted by atomic mass is 32.2. The van der Waals surface area contributed by atoms with E-state index in [1.54, 1.807) is 25.1 Å². The topological polar surface area (TPSA) is 94.1 Å². The summed E-state index contributed by atoms with van der Waals surface area (Å²) in [6.07, 6.45) is 1.31. The molecule has 0 radical (unpaired) electrons. The molecule has 0 amide bonds. The minimum absolute atomic E-state index is 0.0802. The van der Waals surface area contributed by atoms with E-state index in [1.807, 2.05) is 48.5 Å². The Morgan fingerprint density at radius 1 is 0.966 bits per heavy atom. The SMILES string of the molecule is Cc1ncc(S(=O)(=O)Nc2nc(Oc3ccccc3)cc(-c3ccccc3)n2)s1. The Balaban J connectivity index is 1.73. The molecule has 0 unspecified atom stereocenters. The predicted molar refractivity (Wildman–Crippen MR) is 112 cm³/mol. The molecule has 2 heterocycles. The van der Waals surface area contributed by atoms with Crippen LogP contribution in [0.5, 0.6) is 11.6 Å². The molecule has 9 heteroatoms. The quantitative estimate of drug-likeness (QED) is 0.490. The van der Waals surface area contributed by atoms with Crippen molar-refractivity contribution in [3.8, 4) is 22.9 Å². The van der Waals surface area contributed by atoms with Crippen molar-refractivity contribution in [3.05, 3.63) is 77.9 Å². The number of sulfonamides is 1. The molecular weight excluding hydrogens is 408 g/mol. The highest BCUT2D eigenvalue weighted by Gasteiger charge is 2.20. The van der Waals surface area contributed by atoms with Crippen LogP contribution in [0.3, 0.4) is 0 Å². The van der Waals surface area contributed by atoms with Crippen LogP contribution in [0.15, 0.2) is 77.1 Å². The Bertz CT molecular complexity index is 1230. The first-order chi connectivity index (χ1) is 14.0. The van der Waals surface area contributed by atoms with Crippen molar-refractivity contribution in [1.82, 2.24) is 15.0 Å². The summed E-state index contributed by atoms with van der Waals surface area (Å²) >= 11 is 1.07.